The lowest BCUT2D eigenvalue weighted by Gasteiger charge is -2.01. The molecule has 0 bridgehead atoms. The first-order valence-electron chi connectivity index (χ1n) is 7.53. The van der Waals surface area contributed by atoms with Crippen molar-refractivity contribution in [2.45, 2.75) is 52.1 Å². The van der Waals surface area contributed by atoms with E-state index in [4.69, 9.17) is 23.2 Å². The summed E-state index contributed by atoms with van der Waals surface area (Å²) in [4.78, 5) is 8.35. The molecule has 0 spiro atoms. The van der Waals surface area contributed by atoms with Gasteiger partial charge in [0.05, 0.1) is 11.8 Å². The molecule has 2 unspecified atom stereocenters. The average molecular weight is 353 g/mol. The number of aryl methyl sites for hydroxylation is 2. The molecular weight excluding hydrogens is 331 g/mol. The topological polar surface area (TPSA) is 46.0 Å². The van der Waals surface area contributed by atoms with Crippen LogP contribution < -0.4 is 0 Å². The first-order chi connectivity index (χ1) is 10.5. The minimum absolute atomic E-state index is 0. The normalized spacial score (nSPS) is 20.9. The average Bonchev–Trinajstić information content (AvgIpc) is 3.04. The Bertz CT molecular complexity index is 631. The molecule has 0 amide bonds. The monoisotopic (exact) mass is 352 g/mol. The predicted octanol–water partition coefficient (Wildman–Crippen LogP) is 5.14. The highest BCUT2D eigenvalue weighted by molar-refractivity contribution is 6.29. The zero-order valence-electron chi connectivity index (χ0n) is 12.4. The third-order valence-corrected chi connectivity index (χ3v) is 4.69. The largest absolute Gasteiger partial charge is 0.387 e. The third-order valence-electron chi connectivity index (χ3n) is 4.27. The fraction of sp³-hybridized carbons (Fsp3) is 0.444. The highest BCUT2D eigenvalue weighted by Crippen LogP contribution is 2.31. The Balaban J connectivity index is 0.000000160. The summed E-state index contributed by atoms with van der Waals surface area (Å²) in [5.74, 6) is 0.601. The zero-order chi connectivity index (χ0) is 15.7. The van der Waals surface area contributed by atoms with Crippen molar-refractivity contribution in [2.24, 2.45) is 0 Å². The van der Waals surface area contributed by atoms with E-state index in [-0.39, 0.29) is 7.43 Å². The quantitative estimate of drug-likeness (QED) is 0.668. The van der Waals surface area contributed by atoms with Gasteiger partial charge in [-0.2, -0.15) is 0 Å². The molecule has 0 fully saturated rings. The second-order valence-electron chi connectivity index (χ2n) is 5.85. The summed E-state index contributed by atoms with van der Waals surface area (Å²) in [7, 11) is 0. The molecule has 1 N–H and O–H groups in total. The minimum Gasteiger partial charge on any atom is -0.387 e. The van der Waals surface area contributed by atoms with E-state index in [2.05, 4.69) is 23.0 Å². The van der Waals surface area contributed by atoms with Crippen LogP contribution in [0.25, 0.3) is 0 Å². The van der Waals surface area contributed by atoms with Crippen molar-refractivity contribution in [3.8, 4) is 0 Å². The molecule has 0 aromatic carbocycles. The molecule has 0 saturated heterocycles. The number of rotatable bonds is 0. The standard InChI is InChI=1S/C9H10ClN.C8H8ClNO.CH4/c1-6-2-3-7-4-5-8(10)11-9(6)7;9-7-4-2-5-1-3-6(11)8(5)10-7;/h4-6H,2-3H2,1H3;2,4,6,11H,1,3H2;1H4. The molecule has 2 aromatic heterocycles. The molecule has 0 saturated carbocycles. The highest BCUT2D eigenvalue weighted by Gasteiger charge is 2.21. The molecule has 2 aliphatic carbocycles. The number of hydrogen-bond donors (Lipinski definition) is 1. The lowest BCUT2D eigenvalue weighted by molar-refractivity contribution is 0.176. The molecule has 2 atom stereocenters. The molecule has 4 rings (SSSR count). The first kappa shape index (κ1) is 18.2. The number of fused-ring (bicyclic) bond motifs is 2. The van der Waals surface area contributed by atoms with Gasteiger partial charge >= 0.3 is 0 Å². The number of pyridine rings is 2. The van der Waals surface area contributed by atoms with Crippen LogP contribution in [0.3, 0.4) is 0 Å². The van der Waals surface area contributed by atoms with Crippen LogP contribution in [0.1, 0.15) is 61.7 Å². The van der Waals surface area contributed by atoms with E-state index in [9.17, 15) is 5.11 Å². The van der Waals surface area contributed by atoms with Gasteiger partial charge in [0, 0.05) is 5.69 Å². The summed E-state index contributed by atoms with van der Waals surface area (Å²) in [6.45, 7) is 2.20. The van der Waals surface area contributed by atoms with Gasteiger partial charge < -0.3 is 5.11 Å². The molecular formula is C18H22Cl2N2O. The maximum absolute atomic E-state index is 9.38. The fourth-order valence-electron chi connectivity index (χ4n) is 3.03. The van der Waals surface area contributed by atoms with E-state index < -0.39 is 6.10 Å². The van der Waals surface area contributed by atoms with Gasteiger partial charge in [-0.25, -0.2) is 9.97 Å². The molecule has 0 radical (unpaired) electrons. The van der Waals surface area contributed by atoms with Crippen molar-refractivity contribution >= 4 is 23.2 Å². The Kier molecular flexibility index (Phi) is 6.01. The minimum atomic E-state index is -0.399. The zero-order valence-corrected chi connectivity index (χ0v) is 13.9. The van der Waals surface area contributed by atoms with Crippen LogP contribution >= 0.6 is 23.2 Å². The summed E-state index contributed by atoms with van der Waals surface area (Å²) < 4.78 is 0. The van der Waals surface area contributed by atoms with Crippen LogP contribution in [0.4, 0.5) is 0 Å². The summed E-state index contributed by atoms with van der Waals surface area (Å²) in [5, 5.41) is 10.5. The number of halogens is 2. The van der Waals surface area contributed by atoms with Crippen molar-refractivity contribution in [3.05, 3.63) is 57.1 Å². The number of aromatic nitrogens is 2. The lowest BCUT2D eigenvalue weighted by atomic mass is 10.1. The Morgan fingerprint density at radius 3 is 2.09 bits per heavy atom. The van der Waals surface area contributed by atoms with Crippen molar-refractivity contribution in [1.82, 2.24) is 9.97 Å². The molecule has 5 heteroatoms. The number of hydrogen-bond acceptors (Lipinski definition) is 3. The van der Waals surface area contributed by atoms with Crippen molar-refractivity contribution in [2.75, 3.05) is 0 Å². The van der Waals surface area contributed by atoms with Crippen LogP contribution in [-0.2, 0) is 12.8 Å². The maximum Gasteiger partial charge on any atom is 0.129 e. The summed E-state index contributed by atoms with van der Waals surface area (Å²) in [6, 6.07) is 7.66. The highest BCUT2D eigenvalue weighted by atomic mass is 35.5. The number of aliphatic hydroxyl groups is 1. The summed E-state index contributed by atoms with van der Waals surface area (Å²) >= 11 is 11.4. The lowest BCUT2D eigenvalue weighted by Crippen LogP contribution is -1.94. The van der Waals surface area contributed by atoms with Gasteiger partial charge in [-0.05, 0) is 54.9 Å². The van der Waals surface area contributed by atoms with Gasteiger partial charge in [0.1, 0.15) is 10.3 Å². The van der Waals surface area contributed by atoms with Crippen LogP contribution in [0.15, 0.2) is 24.3 Å². The summed E-state index contributed by atoms with van der Waals surface area (Å²) in [5.41, 5.74) is 4.47. The van der Waals surface area contributed by atoms with Crippen LogP contribution in [0.2, 0.25) is 10.3 Å². The van der Waals surface area contributed by atoms with E-state index in [0.717, 1.165) is 24.1 Å². The van der Waals surface area contributed by atoms with E-state index in [1.165, 1.54) is 24.1 Å². The Morgan fingerprint density at radius 2 is 1.43 bits per heavy atom. The Hall–Kier alpha value is -1.16. The van der Waals surface area contributed by atoms with E-state index in [0.29, 0.717) is 16.2 Å². The SMILES string of the molecule is C.CC1CCc2ccc(Cl)nc21.OC1CCc2ccc(Cl)nc21. The predicted molar refractivity (Wildman–Crippen MR) is 95.2 cm³/mol. The Labute approximate surface area is 147 Å². The van der Waals surface area contributed by atoms with E-state index >= 15 is 0 Å². The van der Waals surface area contributed by atoms with Gasteiger partial charge in [0.2, 0.25) is 0 Å². The second kappa shape index (κ2) is 7.61. The van der Waals surface area contributed by atoms with Gasteiger partial charge in [-0.3, -0.25) is 0 Å². The summed E-state index contributed by atoms with van der Waals surface area (Å²) in [6.07, 6.45) is 3.69. The van der Waals surface area contributed by atoms with Crippen LogP contribution in [0.5, 0.6) is 0 Å². The van der Waals surface area contributed by atoms with Crippen LogP contribution in [-0.4, -0.2) is 15.1 Å². The van der Waals surface area contributed by atoms with Gasteiger partial charge in [-0.1, -0.05) is 49.7 Å². The van der Waals surface area contributed by atoms with Gasteiger partial charge in [0.25, 0.3) is 0 Å². The molecule has 0 aliphatic heterocycles. The van der Waals surface area contributed by atoms with Crippen LogP contribution in [0, 0.1) is 0 Å². The van der Waals surface area contributed by atoms with Crippen molar-refractivity contribution < 1.29 is 5.11 Å². The number of nitrogens with zero attached hydrogens (tertiary/aromatic N) is 2. The number of aliphatic hydroxyl groups excluding tert-OH is 1. The Morgan fingerprint density at radius 1 is 0.913 bits per heavy atom. The van der Waals surface area contributed by atoms with Gasteiger partial charge in [0.15, 0.2) is 0 Å². The van der Waals surface area contributed by atoms with Crippen molar-refractivity contribution in [3.63, 3.8) is 0 Å². The molecule has 2 aromatic rings. The molecule has 2 heterocycles. The van der Waals surface area contributed by atoms with E-state index in [1.54, 1.807) is 6.07 Å². The molecule has 2 aliphatic rings. The molecule has 23 heavy (non-hydrogen) atoms. The molecule has 124 valence electrons. The van der Waals surface area contributed by atoms with Gasteiger partial charge in [-0.15, -0.1) is 0 Å². The van der Waals surface area contributed by atoms with E-state index in [1.807, 2.05) is 12.1 Å². The second-order valence-corrected chi connectivity index (χ2v) is 6.63. The smallest absolute Gasteiger partial charge is 0.129 e. The third kappa shape index (κ3) is 4.03. The fourth-order valence-corrected chi connectivity index (χ4v) is 3.34. The first-order valence-corrected chi connectivity index (χ1v) is 8.29. The van der Waals surface area contributed by atoms with Crippen molar-refractivity contribution in [1.29, 1.82) is 0 Å². The maximum atomic E-state index is 9.38. The molecule has 3 nitrogen and oxygen atoms in total.